The highest BCUT2D eigenvalue weighted by Gasteiger charge is 2.39. The summed E-state index contributed by atoms with van der Waals surface area (Å²) in [5.41, 5.74) is 0. The minimum absolute atomic E-state index is 0.00120. The highest BCUT2D eigenvalue weighted by Crippen LogP contribution is 2.22. The van der Waals surface area contributed by atoms with Gasteiger partial charge in [-0.3, -0.25) is 4.90 Å². The Labute approximate surface area is 161 Å². The van der Waals surface area contributed by atoms with Crippen LogP contribution in [0, 0.1) is 11.8 Å². The van der Waals surface area contributed by atoms with Gasteiger partial charge in [0, 0.05) is 28.2 Å². The molecule has 2 unspecified atom stereocenters. The van der Waals surface area contributed by atoms with Crippen LogP contribution in [0.15, 0.2) is 0 Å². The number of carbonyl (C=O) groups is 1. The van der Waals surface area contributed by atoms with Crippen LogP contribution < -0.4 is 0 Å². The number of urea groups is 1. The molecule has 0 radical (unpaired) electrons. The van der Waals surface area contributed by atoms with Gasteiger partial charge < -0.3 is 14.7 Å². The van der Waals surface area contributed by atoms with Crippen molar-refractivity contribution in [2.45, 2.75) is 39.8 Å². The standard InChI is InChI=1S/C8H14N2OS.C8H14N2S2/c1-5(2)6-7(12)10(4)8(11)9(6)3;1-5(2)6-7(11)10(4)8(12)9(6)3/h2*5-6H,1-4H3. The molecule has 2 aliphatic rings. The van der Waals surface area contributed by atoms with Crippen molar-refractivity contribution in [2.75, 3.05) is 28.2 Å². The molecule has 0 spiro atoms. The normalized spacial score (nSPS) is 24.6. The Bertz CT molecular complexity index is 501. The van der Waals surface area contributed by atoms with Crippen LogP contribution in [0.1, 0.15) is 27.7 Å². The van der Waals surface area contributed by atoms with E-state index in [1.807, 2.05) is 19.0 Å². The summed E-state index contributed by atoms with van der Waals surface area (Å²) in [5.74, 6) is 0.904. The smallest absolute Gasteiger partial charge is 0.325 e. The van der Waals surface area contributed by atoms with Crippen molar-refractivity contribution in [1.82, 2.24) is 19.6 Å². The predicted molar refractivity (Wildman–Crippen MR) is 111 cm³/mol. The average molecular weight is 389 g/mol. The quantitative estimate of drug-likeness (QED) is 0.676. The summed E-state index contributed by atoms with van der Waals surface area (Å²) in [6.45, 7) is 8.46. The van der Waals surface area contributed by atoms with Crippen molar-refractivity contribution in [1.29, 1.82) is 0 Å². The number of hydrogen-bond acceptors (Lipinski definition) is 4. The molecule has 2 heterocycles. The summed E-state index contributed by atoms with van der Waals surface area (Å²) in [5, 5.41) is 0.832. The summed E-state index contributed by atoms with van der Waals surface area (Å²) in [7, 11) is 7.46. The lowest BCUT2D eigenvalue weighted by Gasteiger charge is -2.22. The fraction of sp³-hybridized carbons (Fsp3) is 0.750. The fourth-order valence-corrected chi connectivity index (χ4v) is 4.39. The van der Waals surface area contributed by atoms with Crippen LogP contribution in [0.2, 0.25) is 0 Å². The zero-order chi connectivity index (χ0) is 18.9. The van der Waals surface area contributed by atoms with E-state index in [1.54, 1.807) is 23.9 Å². The molecule has 0 aromatic carbocycles. The number of rotatable bonds is 2. The monoisotopic (exact) mass is 388 g/mol. The fourth-order valence-electron chi connectivity index (χ4n) is 3.09. The van der Waals surface area contributed by atoms with Gasteiger partial charge in [0.1, 0.15) is 9.98 Å². The molecule has 2 fully saturated rings. The van der Waals surface area contributed by atoms with E-state index in [1.165, 1.54) is 0 Å². The van der Waals surface area contributed by atoms with Crippen LogP contribution in [0.4, 0.5) is 4.79 Å². The first kappa shape index (κ1) is 21.2. The Morgan fingerprint density at radius 2 is 1.12 bits per heavy atom. The van der Waals surface area contributed by atoms with E-state index in [-0.39, 0.29) is 12.1 Å². The molecular formula is C16H28N4OS3. The molecule has 8 heteroatoms. The molecule has 2 saturated heterocycles. The van der Waals surface area contributed by atoms with Crippen LogP contribution in [0.25, 0.3) is 0 Å². The first-order valence-corrected chi connectivity index (χ1v) is 9.24. The highest BCUT2D eigenvalue weighted by atomic mass is 32.1. The van der Waals surface area contributed by atoms with Crippen molar-refractivity contribution in [3.63, 3.8) is 0 Å². The van der Waals surface area contributed by atoms with Gasteiger partial charge in [-0.25, -0.2) is 4.79 Å². The number of likely N-dealkylation sites (N-methyl/N-ethyl adjacent to an activating group) is 4. The van der Waals surface area contributed by atoms with E-state index in [4.69, 9.17) is 36.7 Å². The topological polar surface area (TPSA) is 30.0 Å². The third-order valence-corrected chi connectivity index (χ3v) is 6.03. The van der Waals surface area contributed by atoms with Crippen LogP contribution >= 0.6 is 36.7 Å². The molecule has 0 aromatic heterocycles. The zero-order valence-electron chi connectivity index (χ0n) is 15.7. The number of hydrogen-bond donors (Lipinski definition) is 0. The molecule has 2 atom stereocenters. The zero-order valence-corrected chi connectivity index (χ0v) is 18.2. The van der Waals surface area contributed by atoms with Gasteiger partial charge >= 0.3 is 6.03 Å². The molecular weight excluding hydrogens is 360 g/mol. The molecule has 0 saturated carbocycles. The molecule has 0 N–H and O–H groups in total. The third-order valence-electron chi connectivity index (χ3n) is 4.44. The summed E-state index contributed by atoms with van der Waals surface area (Å²) >= 11 is 15.6. The second kappa shape index (κ2) is 8.01. The minimum atomic E-state index is -0.00120. The van der Waals surface area contributed by atoms with Crippen molar-refractivity contribution in [3.8, 4) is 0 Å². The van der Waals surface area contributed by atoms with Crippen LogP contribution in [0.5, 0.6) is 0 Å². The Hall–Kier alpha value is -0.860. The molecule has 0 aliphatic carbocycles. The number of nitrogens with zero attached hydrogens (tertiary/aromatic N) is 4. The SMILES string of the molecule is CC(C)C1C(=S)N(C)C(=O)N1C.CC(C)C1C(=S)N(C)C(=S)N1C. The van der Waals surface area contributed by atoms with E-state index in [9.17, 15) is 4.79 Å². The van der Waals surface area contributed by atoms with Crippen LogP contribution in [-0.4, -0.2) is 81.0 Å². The van der Waals surface area contributed by atoms with Gasteiger partial charge in [0.2, 0.25) is 0 Å². The summed E-state index contributed by atoms with van der Waals surface area (Å²) < 4.78 is 0. The summed E-state index contributed by atoms with van der Waals surface area (Å²) in [4.78, 5) is 20.3. The summed E-state index contributed by atoms with van der Waals surface area (Å²) in [6, 6.07) is 0.397. The first-order chi connectivity index (χ1) is 10.9. The maximum atomic E-state index is 11.4. The number of thiocarbonyl (C=S) groups is 3. The molecule has 2 aliphatic heterocycles. The number of amides is 2. The van der Waals surface area contributed by atoms with E-state index in [2.05, 4.69) is 32.6 Å². The average Bonchev–Trinajstić information content (AvgIpc) is 2.80. The maximum absolute atomic E-state index is 11.4. The maximum Gasteiger partial charge on any atom is 0.325 e. The lowest BCUT2D eigenvalue weighted by atomic mass is 10.0. The van der Waals surface area contributed by atoms with Gasteiger partial charge in [0.05, 0.1) is 12.1 Å². The Kier molecular flexibility index (Phi) is 7.07. The Morgan fingerprint density at radius 3 is 1.29 bits per heavy atom. The lowest BCUT2D eigenvalue weighted by molar-refractivity contribution is 0.196. The lowest BCUT2D eigenvalue weighted by Crippen LogP contribution is -2.35. The van der Waals surface area contributed by atoms with E-state index in [0.717, 1.165) is 15.1 Å². The van der Waals surface area contributed by atoms with Gasteiger partial charge in [-0.1, -0.05) is 52.1 Å². The molecule has 2 amide bonds. The second-order valence-corrected chi connectivity index (χ2v) is 8.16. The van der Waals surface area contributed by atoms with Crippen molar-refractivity contribution in [3.05, 3.63) is 0 Å². The van der Waals surface area contributed by atoms with Crippen molar-refractivity contribution >= 4 is 57.8 Å². The summed E-state index contributed by atoms with van der Waals surface area (Å²) in [6.07, 6.45) is 0. The van der Waals surface area contributed by atoms with E-state index >= 15 is 0 Å². The van der Waals surface area contributed by atoms with Gasteiger partial charge in [-0.2, -0.15) is 0 Å². The molecule has 0 bridgehead atoms. The molecule has 136 valence electrons. The van der Waals surface area contributed by atoms with Gasteiger partial charge in [0.15, 0.2) is 5.11 Å². The largest absolute Gasteiger partial charge is 0.342 e. The second-order valence-electron chi connectivity index (χ2n) is 6.96. The molecule has 2 rings (SSSR count). The minimum Gasteiger partial charge on any atom is -0.342 e. The van der Waals surface area contributed by atoms with Crippen molar-refractivity contribution in [2.24, 2.45) is 11.8 Å². The Morgan fingerprint density at radius 1 is 0.750 bits per heavy atom. The first-order valence-electron chi connectivity index (χ1n) is 8.02. The highest BCUT2D eigenvalue weighted by molar-refractivity contribution is 7.82. The Balaban J connectivity index is 0.000000240. The predicted octanol–water partition coefficient (Wildman–Crippen LogP) is 2.84. The van der Waals surface area contributed by atoms with Gasteiger partial charge in [0.25, 0.3) is 0 Å². The van der Waals surface area contributed by atoms with Gasteiger partial charge in [-0.05, 0) is 24.1 Å². The van der Waals surface area contributed by atoms with Gasteiger partial charge in [-0.15, -0.1) is 0 Å². The third kappa shape index (κ3) is 3.86. The van der Waals surface area contributed by atoms with Crippen LogP contribution in [0.3, 0.4) is 0 Å². The number of carbonyl (C=O) groups excluding carboxylic acids is 1. The van der Waals surface area contributed by atoms with E-state index < -0.39 is 0 Å². The van der Waals surface area contributed by atoms with Crippen molar-refractivity contribution < 1.29 is 4.79 Å². The van der Waals surface area contributed by atoms with Crippen LogP contribution in [-0.2, 0) is 0 Å². The molecule has 0 aromatic rings. The molecule has 24 heavy (non-hydrogen) atoms. The van der Waals surface area contributed by atoms with E-state index in [0.29, 0.717) is 17.9 Å². The molecule has 5 nitrogen and oxygen atoms in total.